The molecule has 122 valence electrons. The molecule has 1 aromatic carbocycles. The number of thioether (sulfide) groups is 1. The molecule has 0 fully saturated rings. The molecule has 2 rings (SSSR count). The summed E-state index contributed by atoms with van der Waals surface area (Å²) in [6.07, 6.45) is 1.51. The third kappa shape index (κ3) is 5.49. The van der Waals surface area contributed by atoms with Gasteiger partial charge in [0.2, 0.25) is 5.91 Å². The lowest BCUT2D eigenvalue weighted by Crippen LogP contribution is -2.21. The van der Waals surface area contributed by atoms with Crippen molar-refractivity contribution >= 4 is 29.8 Å². The van der Waals surface area contributed by atoms with Crippen molar-refractivity contribution in [2.45, 2.75) is 18.7 Å². The van der Waals surface area contributed by atoms with Crippen molar-refractivity contribution in [2.75, 3.05) is 23.7 Å². The Kier molecular flexibility index (Phi) is 6.75. The first-order chi connectivity index (χ1) is 11.2. The van der Waals surface area contributed by atoms with Crippen LogP contribution in [0.2, 0.25) is 0 Å². The number of amides is 1. The van der Waals surface area contributed by atoms with Crippen LogP contribution < -0.4 is 10.3 Å². The predicted octanol–water partition coefficient (Wildman–Crippen LogP) is 3.37. The average molecular weight is 331 g/mol. The fraction of sp³-hybridized carbons (Fsp3) is 0.294. The summed E-state index contributed by atoms with van der Waals surface area (Å²) in [7, 11) is 0. The Balaban J connectivity index is 1.78. The van der Waals surface area contributed by atoms with Gasteiger partial charge in [-0.3, -0.25) is 4.79 Å². The van der Waals surface area contributed by atoms with E-state index in [1.54, 1.807) is 0 Å². The number of benzene rings is 1. The molecule has 5 nitrogen and oxygen atoms in total. The highest BCUT2D eigenvalue weighted by molar-refractivity contribution is 8.00. The summed E-state index contributed by atoms with van der Waals surface area (Å²) in [4.78, 5) is 14.9. The number of nitrogens with zero attached hydrogens (tertiary/aromatic N) is 2. The van der Waals surface area contributed by atoms with E-state index in [0.29, 0.717) is 11.5 Å². The molecule has 0 aliphatic carbocycles. The molecule has 0 saturated heterocycles. The van der Waals surface area contributed by atoms with E-state index in [1.807, 2.05) is 42.5 Å². The summed E-state index contributed by atoms with van der Waals surface area (Å²) in [6.45, 7) is 5.91. The van der Waals surface area contributed by atoms with Gasteiger partial charge in [0.25, 0.3) is 0 Å². The van der Waals surface area contributed by atoms with E-state index in [9.17, 15) is 4.79 Å². The van der Waals surface area contributed by atoms with E-state index in [4.69, 9.17) is 4.42 Å². The van der Waals surface area contributed by atoms with E-state index in [2.05, 4.69) is 29.3 Å². The summed E-state index contributed by atoms with van der Waals surface area (Å²) in [5, 5.41) is 3.93. The molecule has 1 N–H and O–H groups in total. The monoisotopic (exact) mass is 331 g/mol. The number of furan rings is 1. The maximum absolute atomic E-state index is 11.7. The van der Waals surface area contributed by atoms with Crippen LogP contribution in [0.5, 0.6) is 0 Å². The summed E-state index contributed by atoms with van der Waals surface area (Å²) < 4.78 is 5.66. The predicted molar refractivity (Wildman–Crippen MR) is 95.2 cm³/mol. The van der Waals surface area contributed by atoms with E-state index in [1.165, 1.54) is 18.0 Å². The lowest BCUT2D eigenvalue weighted by molar-refractivity contribution is -0.118. The maximum atomic E-state index is 11.7. The smallest absolute Gasteiger partial charge is 0.250 e. The molecule has 1 heterocycles. The second-order valence-corrected chi connectivity index (χ2v) is 5.79. The van der Waals surface area contributed by atoms with Crippen LogP contribution >= 0.6 is 11.8 Å². The maximum Gasteiger partial charge on any atom is 0.250 e. The van der Waals surface area contributed by atoms with Gasteiger partial charge in [-0.15, -0.1) is 11.8 Å². The molecule has 0 radical (unpaired) electrons. The van der Waals surface area contributed by atoms with Crippen molar-refractivity contribution in [2.24, 2.45) is 5.10 Å². The molecule has 0 bridgehead atoms. The highest BCUT2D eigenvalue weighted by Crippen LogP contribution is 2.17. The van der Waals surface area contributed by atoms with E-state index < -0.39 is 0 Å². The highest BCUT2D eigenvalue weighted by Gasteiger charge is 2.06. The molecule has 0 saturated carbocycles. The zero-order chi connectivity index (χ0) is 16.5. The second-order valence-electron chi connectivity index (χ2n) is 4.74. The lowest BCUT2D eigenvalue weighted by atomic mass is 10.4. The number of anilines is 1. The SMILES string of the molecule is CCN(CC)c1ccc(/C=N\NC(=O)CSc2ccccc2)o1. The van der Waals surface area contributed by atoms with Crippen LogP contribution in [0.15, 0.2) is 56.9 Å². The van der Waals surface area contributed by atoms with Crippen molar-refractivity contribution in [1.29, 1.82) is 0 Å². The highest BCUT2D eigenvalue weighted by atomic mass is 32.2. The van der Waals surface area contributed by atoms with Gasteiger partial charge in [0, 0.05) is 24.1 Å². The molecule has 0 aliphatic rings. The zero-order valence-corrected chi connectivity index (χ0v) is 14.2. The Hall–Kier alpha value is -2.21. The molecule has 0 aliphatic heterocycles. The van der Waals surface area contributed by atoms with Crippen molar-refractivity contribution in [3.8, 4) is 0 Å². The van der Waals surface area contributed by atoms with E-state index in [-0.39, 0.29) is 5.91 Å². The molecule has 0 unspecified atom stereocenters. The van der Waals surface area contributed by atoms with Gasteiger partial charge in [0.15, 0.2) is 5.88 Å². The largest absolute Gasteiger partial charge is 0.440 e. The molecular weight excluding hydrogens is 310 g/mol. The first kappa shape index (κ1) is 17.1. The quantitative estimate of drug-likeness (QED) is 0.458. The first-order valence-electron chi connectivity index (χ1n) is 7.57. The molecule has 1 aromatic heterocycles. The lowest BCUT2D eigenvalue weighted by Gasteiger charge is -2.16. The van der Waals surface area contributed by atoms with Gasteiger partial charge < -0.3 is 9.32 Å². The van der Waals surface area contributed by atoms with Gasteiger partial charge in [-0.25, -0.2) is 5.43 Å². The third-order valence-corrected chi connectivity index (χ3v) is 4.19. The minimum Gasteiger partial charge on any atom is -0.440 e. The molecule has 1 amide bonds. The molecule has 2 aromatic rings. The van der Waals surface area contributed by atoms with Gasteiger partial charge >= 0.3 is 0 Å². The normalized spacial score (nSPS) is 10.9. The van der Waals surface area contributed by atoms with Crippen LogP contribution in [0.1, 0.15) is 19.6 Å². The Morgan fingerprint density at radius 2 is 1.96 bits per heavy atom. The van der Waals surface area contributed by atoms with Crippen LogP contribution in [0, 0.1) is 0 Å². The number of hydrogen-bond donors (Lipinski definition) is 1. The summed E-state index contributed by atoms with van der Waals surface area (Å²) in [5.41, 5.74) is 2.50. The van der Waals surface area contributed by atoms with Crippen molar-refractivity contribution < 1.29 is 9.21 Å². The topological polar surface area (TPSA) is 57.8 Å². The molecule has 0 atom stereocenters. The van der Waals surface area contributed by atoms with Gasteiger partial charge in [-0.1, -0.05) is 18.2 Å². The summed E-state index contributed by atoms with van der Waals surface area (Å²) >= 11 is 1.47. The standard InChI is InChI=1S/C17H21N3O2S/c1-3-20(4-2)17-11-10-14(22-17)12-18-19-16(21)13-23-15-8-6-5-7-9-15/h5-12H,3-4,13H2,1-2H3,(H,19,21)/b18-12-. The zero-order valence-electron chi connectivity index (χ0n) is 13.4. The average Bonchev–Trinajstić information content (AvgIpc) is 3.04. The number of hydrazone groups is 1. The fourth-order valence-corrected chi connectivity index (χ4v) is 2.69. The van der Waals surface area contributed by atoms with Crippen LogP contribution in [0.25, 0.3) is 0 Å². The Morgan fingerprint density at radius 1 is 1.22 bits per heavy atom. The number of hydrogen-bond acceptors (Lipinski definition) is 5. The molecule has 23 heavy (non-hydrogen) atoms. The van der Waals surface area contributed by atoms with Crippen molar-refractivity contribution in [1.82, 2.24) is 5.43 Å². The van der Waals surface area contributed by atoms with Crippen LogP contribution in [0.4, 0.5) is 5.88 Å². The van der Waals surface area contributed by atoms with Crippen LogP contribution in [-0.2, 0) is 4.79 Å². The Morgan fingerprint density at radius 3 is 2.65 bits per heavy atom. The summed E-state index contributed by atoms with van der Waals surface area (Å²) in [5.74, 6) is 1.60. The van der Waals surface area contributed by atoms with Crippen LogP contribution in [0.3, 0.4) is 0 Å². The van der Waals surface area contributed by atoms with Crippen molar-refractivity contribution in [3.05, 3.63) is 48.2 Å². The van der Waals surface area contributed by atoms with Gasteiger partial charge in [-0.05, 0) is 32.0 Å². The minimum atomic E-state index is -0.148. The van der Waals surface area contributed by atoms with Crippen LogP contribution in [-0.4, -0.2) is 31.0 Å². The van der Waals surface area contributed by atoms with Gasteiger partial charge in [0.1, 0.15) is 5.76 Å². The first-order valence-corrected chi connectivity index (χ1v) is 8.56. The third-order valence-electron chi connectivity index (χ3n) is 3.18. The van der Waals surface area contributed by atoms with Gasteiger partial charge in [-0.2, -0.15) is 5.10 Å². The summed E-state index contributed by atoms with van der Waals surface area (Å²) in [6, 6.07) is 13.5. The number of nitrogens with one attached hydrogen (secondary N) is 1. The van der Waals surface area contributed by atoms with Gasteiger partial charge in [0.05, 0.1) is 12.0 Å². The molecular formula is C17H21N3O2S. The van der Waals surface area contributed by atoms with Crippen molar-refractivity contribution in [3.63, 3.8) is 0 Å². The number of carbonyl (C=O) groups is 1. The van der Waals surface area contributed by atoms with E-state index >= 15 is 0 Å². The Bertz CT molecular complexity index is 636. The minimum absolute atomic E-state index is 0.148. The Labute approximate surface area is 140 Å². The molecule has 0 spiro atoms. The number of carbonyl (C=O) groups excluding carboxylic acids is 1. The fourth-order valence-electron chi connectivity index (χ4n) is 1.98. The number of rotatable bonds is 8. The second kappa shape index (κ2) is 9.05. The van der Waals surface area contributed by atoms with E-state index in [0.717, 1.165) is 23.9 Å². The molecule has 6 heteroatoms.